The molecule has 0 aliphatic heterocycles. The van der Waals surface area contributed by atoms with Crippen LogP contribution in [0.4, 0.5) is 10.1 Å². The zero-order valence-corrected chi connectivity index (χ0v) is 12.7. The zero-order valence-electron chi connectivity index (χ0n) is 12.7. The van der Waals surface area contributed by atoms with Gasteiger partial charge in [0.15, 0.2) is 0 Å². The van der Waals surface area contributed by atoms with Crippen LogP contribution in [0.15, 0.2) is 18.2 Å². The van der Waals surface area contributed by atoms with Crippen LogP contribution in [0, 0.1) is 5.82 Å². The van der Waals surface area contributed by atoms with E-state index in [1.807, 2.05) is 26.8 Å². The van der Waals surface area contributed by atoms with Crippen molar-refractivity contribution in [3.8, 4) is 0 Å². The van der Waals surface area contributed by atoms with Crippen LogP contribution in [0.3, 0.4) is 0 Å². The number of carbonyl (C=O) groups is 1. The number of hydrogen-bond donors (Lipinski definition) is 2. The molecule has 2 N–H and O–H groups in total. The maximum atomic E-state index is 14.0. The van der Waals surface area contributed by atoms with E-state index in [9.17, 15) is 9.18 Å². The van der Waals surface area contributed by atoms with E-state index in [4.69, 9.17) is 0 Å². The summed E-state index contributed by atoms with van der Waals surface area (Å²) in [6.07, 6.45) is 0. The Morgan fingerprint density at radius 3 is 2.65 bits per heavy atom. The van der Waals surface area contributed by atoms with E-state index in [0.717, 1.165) is 12.1 Å². The minimum atomic E-state index is -0.305. The van der Waals surface area contributed by atoms with Crippen LogP contribution in [0.5, 0.6) is 0 Å². The van der Waals surface area contributed by atoms with Gasteiger partial charge in [0.05, 0.1) is 12.2 Å². The predicted molar refractivity (Wildman–Crippen MR) is 80.3 cm³/mol. The molecule has 0 saturated carbocycles. The van der Waals surface area contributed by atoms with E-state index in [1.54, 1.807) is 18.0 Å². The Hall–Kier alpha value is -1.62. The number of halogens is 1. The number of benzene rings is 1. The van der Waals surface area contributed by atoms with Gasteiger partial charge in [-0.1, -0.05) is 13.0 Å². The molecule has 1 amide bonds. The highest BCUT2D eigenvalue weighted by Gasteiger charge is 2.12. The number of hydrogen-bond acceptors (Lipinski definition) is 3. The largest absolute Gasteiger partial charge is 0.363 e. The number of amides is 1. The summed E-state index contributed by atoms with van der Waals surface area (Å²) < 4.78 is 14.0. The number of nitrogens with one attached hydrogen (secondary N) is 2. The Kier molecular flexibility index (Phi) is 6.45. The quantitative estimate of drug-likeness (QED) is 0.802. The monoisotopic (exact) mass is 281 g/mol. The number of nitrogens with zero attached hydrogens (tertiary/aromatic N) is 1. The third-order valence-corrected chi connectivity index (χ3v) is 2.83. The lowest BCUT2D eigenvalue weighted by atomic mass is 10.2. The molecular weight excluding hydrogens is 257 g/mol. The molecule has 1 aromatic carbocycles. The topological polar surface area (TPSA) is 44.4 Å². The van der Waals surface area contributed by atoms with Crippen molar-refractivity contribution in [3.05, 3.63) is 29.6 Å². The molecule has 0 aliphatic carbocycles. The fraction of sp³-hybridized carbons (Fsp3) is 0.533. The lowest BCUT2D eigenvalue weighted by Crippen LogP contribution is -2.38. The second kappa shape index (κ2) is 7.85. The number of carbonyl (C=O) groups excluding carboxylic acids is 1. The molecular formula is C15H24FN3O. The average molecular weight is 281 g/mol. The third kappa shape index (κ3) is 5.17. The number of rotatable bonds is 7. The summed E-state index contributed by atoms with van der Waals surface area (Å²) in [5.74, 6) is -0.418. The predicted octanol–water partition coefficient (Wildman–Crippen LogP) is 1.90. The molecule has 0 saturated heterocycles. The molecule has 0 heterocycles. The first-order valence-electron chi connectivity index (χ1n) is 6.93. The summed E-state index contributed by atoms with van der Waals surface area (Å²) >= 11 is 0. The normalized spacial score (nSPS) is 10.7. The van der Waals surface area contributed by atoms with Gasteiger partial charge in [0, 0.05) is 19.6 Å². The van der Waals surface area contributed by atoms with Gasteiger partial charge in [-0.05, 0) is 38.1 Å². The third-order valence-electron chi connectivity index (χ3n) is 2.83. The van der Waals surface area contributed by atoms with Crippen LogP contribution in [-0.2, 0) is 11.3 Å². The van der Waals surface area contributed by atoms with Gasteiger partial charge in [0.1, 0.15) is 5.82 Å². The van der Waals surface area contributed by atoms with Crippen LogP contribution in [0.1, 0.15) is 26.3 Å². The Morgan fingerprint density at radius 2 is 2.10 bits per heavy atom. The van der Waals surface area contributed by atoms with Crippen LogP contribution in [-0.4, -0.2) is 32.1 Å². The second-order valence-electron chi connectivity index (χ2n) is 5.14. The van der Waals surface area contributed by atoms with Gasteiger partial charge in [-0.2, -0.15) is 0 Å². The van der Waals surface area contributed by atoms with E-state index in [1.165, 1.54) is 6.07 Å². The molecule has 0 atom stereocenters. The molecule has 5 heteroatoms. The zero-order chi connectivity index (χ0) is 15.1. The van der Waals surface area contributed by atoms with E-state index < -0.39 is 0 Å². The standard InChI is InChI=1S/C15H24FN3O/c1-5-17-9-12-6-7-14(13(16)8-12)19(4)10-15(20)18-11(2)3/h6-8,11,17H,5,9-10H2,1-4H3,(H,18,20). The van der Waals surface area contributed by atoms with Crippen molar-refractivity contribution in [1.82, 2.24) is 10.6 Å². The van der Waals surface area contributed by atoms with Gasteiger partial charge in [0.2, 0.25) is 5.91 Å². The van der Waals surface area contributed by atoms with Gasteiger partial charge in [-0.25, -0.2) is 4.39 Å². The summed E-state index contributed by atoms with van der Waals surface area (Å²) in [5.41, 5.74) is 1.33. The smallest absolute Gasteiger partial charge is 0.239 e. The van der Waals surface area contributed by atoms with Crippen LogP contribution < -0.4 is 15.5 Å². The van der Waals surface area contributed by atoms with Crippen molar-refractivity contribution >= 4 is 11.6 Å². The van der Waals surface area contributed by atoms with E-state index in [2.05, 4.69) is 10.6 Å². The van der Waals surface area contributed by atoms with E-state index in [0.29, 0.717) is 12.2 Å². The SMILES string of the molecule is CCNCc1ccc(N(C)CC(=O)NC(C)C)c(F)c1. The van der Waals surface area contributed by atoms with Gasteiger partial charge >= 0.3 is 0 Å². The Balaban J connectivity index is 2.68. The average Bonchev–Trinajstić information content (AvgIpc) is 2.35. The minimum Gasteiger partial charge on any atom is -0.363 e. The molecule has 0 spiro atoms. The molecule has 0 aromatic heterocycles. The maximum absolute atomic E-state index is 14.0. The van der Waals surface area contributed by atoms with Crippen molar-refractivity contribution < 1.29 is 9.18 Å². The molecule has 20 heavy (non-hydrogen) atoms. The van der Waals surface area contributed by atoms with Crippen LogP contribution in [0.2, 0.25) is 0 Å². The van der Waals surface area contributed by atoms with E-state index in [-0.39, 0.29) is 24.3 Å². The lowest BCUT2D eigenvalue weighted by molar-refractivity contribution is -0.120. The Bertz CT molecular complexity index is 449. The summed E-state index contributed by atoms with van der Waals surface area (Å²) in [7, 11) is 1.71. The van der Waals surface area contributed by atoms with Crippen molar-refractivity contribution in [3.63, 3.8) is 0 Å². The van der Waals surface area contributed by atoms with Crippen LogP contribution in [0.25, 0.3) is 0 Å². The first-order chi connectivity index (χ1) is 9.43. The first kappa shape index (κ1) is 16.4. The molecule has 0 fully saturated rings. The number of likely N-dealkylation sites (N-methyl/N-ethyl adjacent to an activating group) is 1. The first-order valence-corrected chi connectivity index (χ1v) is 6.93. The summed E-state index contributed by atoms with van der Waals surface area (Å²) in [6.45, 7) is 7.43. The Morgan fingerprint density at radius 1 is 1.40 bits per heavy atom. The van der Waals surface area contributed by atoms with Gasteiger partial charge < -0.3 is 15.5 Å². The summed E-state index contributed by atoms with van der Waals surface area (Å²) in [5, 5.41) is 5.94. The van der Waals surface area contributed by atoms with Gasteiger partial charge in [-0.3, -0.25) is 4.79 Å². The molecule has 112 valence electrons. The van der Waals surface area contributed by atoms with Crippen molar-refractivity contribution in [2.75, 3.05) is 25.0 Å². The molecule has 1 aromatic rings. The van der Waals surface area contributed by atoms with Crippen molar-refractivity contribution in [2.45, 2.75) is 33.4 Å². The Labute approximate surface area is 120 Å². The van der Waals surface area contributed by atoms with E-state index >= 15 is 0 Å². The highest BCUT2D eigenvalue weighted by Crippen LogP contribution is 2.19. The summed E-state index contributed by atoms with van der Waals surface area (Å²) in [6, 6.07) is 5.18. The minimum absolute atomic E-state index is 0.0863. The second-order valence-corrected chi connectivity index (χ2v) is 5.14. The fourth-order valence-corrected chi connectivity index (χ4v) is 1.91. The van der Waals surface area contributed by atoms with Gasteiger partial charge in [0.25, 0.3) is 0 Å². The lowest BCUT2D eigenvalue weighted by Gasteiger charge is -2.20. The number of anilines is 1. The van der Waals surface area contributed by atoms with Crippen molar-refractivity contribution in [1.29, 1.82) is 0 Å². The van der Waals surface area contributed by atoms with Gasteiger partial charge in [-0.15, -0.1) is 0 Å². The van der Waals surface area contributed by atoms with Crippen molar-refractivity contribution in [2.24, 2.45) is 0 Å². The highest BCUT2D eigenvalue weighted by atomic mass is 19.1. The molecule has 0 radical (unpaired) electrons. The molecule has 0 unspecified atom stereocenters. The molecule has 0 bridgehead atoms. The van der Waals surface area contributed by atoms with Crippen LogP contribution >= 0.6 is 0 Å². The highest BCUT2D eigenvalue weighted by molar-refractivity contribution is 5.81. The molecule has 0 aliphatic rings. The maximum Gasteiger partial charge on any atom is 0.239 e. The fourth-order valence-electron chi connectivity index (χ4n) is 1.91. The summed E-state index contributed by atoms with van der Waals surface area (Å²) in [4.78, 5) is 13.3. The molecule has 1 rings (SSSR count). The molecule has 4 nitrogen and oxygen atoms in total.